The molecule has 4 N–H and O–H groups in total. The molecule has 11 nitrogen and oxygen atoms in total. The van der Waals surface area contributed by atoms with Crippen LogP contribution in [-0.4, -0.2) is 83.8 Å². The Morgan fingerprint density at radius 3 is 2.75 bits per heavy atom. The van der Waals surface area contributed by atoms with Gasteiger partial charge in [-0.3, -0.25) is 19.2 Å². The number of nitrogens with zero attached hydrogens (tertiary/aromatic N) is 3. The van der Waals surface area contributed by atoms with Crippen LogP contribution < -0.4 is 16.4 Å². The van der Waals surface area contributed by atoms with Crippen molar-refractivity contribution in [1.82, 2.24) is 25.4 Å². The Morgan fingerprint density at radius 2 is 2.00 bits per heavy atom. The molecule has 1 aromatic heterocycles. The summed E-state index contributed by atoms with van der Waals surface area (Å²) in [6.07, 6.45) is 3.77. The number of hydrogen-bond acceptors (Lipinski definition) is 9. The molecule has 0 saturated carbocycles. The molecular weight excluding hydrogens is 532 g/mol. The van der Waals surface area contributed by atoms with Crippen molar-refractivity contribution in [1.29, 1.82) is 0 Å². The van der Waals surface area contributed by atoms with Crippen molar-refractivity contribution in [3.05, 3.63) is 56.7 Å². The Morgan fingerprint density at radius 1 is 1.20 bits per heavy atom. The summed E-state index contributed by atoms with van der Waals surface area (Å²) in [5, 5.41) is 6.28. The first-order chi connectivity index (χ1) is 19.1. The zero-order valence-corrected chi connectivity index (χ0v) is 23.9. The van der Waals surface area contributed by atoms with Crippen LogP contribution in [0.1, 0.15) is 51.3 Å². The molecule has 2 aliphatic heterocycles. The van der Waals surface area contributed by atoms with Gasteiger partial charge in [-0.2, -0.15) is 0 Å². The SMILES string of the molecule is CC(=O)OCC(=O)N1CCC(NC(=O)/C(N)=C/c2cccc(C)c2)[C@H](NC(=O)c2nc3c(s2)CN(C)CCC3)C1. The van der Waals surface area contributed by atoms with Gasteiger partial charge in [-0.1, -0.05) is 29.8 Å². The summed E-state index contributed by atoms with van der Waals surface area (Å²) in [7, 11) is 2.05. The number of aryl methyl sites for hydroxylation is 2. The summed E-state index contributed by atoms with van der Waals surface area (Å²) in [6.45, 7) is 4.98. The maximum atomic E-state index is 13.3. The summed E-state index contributed by atoms with van der Waals surface area (Å²) in [5.74, 6) is -1.75. The highest BCUT2D eigenvalue weighted by Crippen LogP contribution is 2.25. The van der Waals surface area contributed by atoms with Crippen LogP contribution in [0.2, 0.25) is 0 Å². The molecule has 1 saturated heterocycles. The number of nitrogens with two attached hydrogens (primary N) is 1. The van der Waals surface area contributed by atoms with Gasteiger partial charge in [-0.05, 0) is 51.4 Å². The number of esters is 1. The third-order valence-electron chi connectivity index (χ3n) is 6.96. The van der Waals surface area contributed by atoms with Gasteiger partial charge in [-0.15, -0.1) is 11.3 Å². The summed E-state index contributed by atoms with van der Waals surface area (Å²) in [6, 6.07) is 6.53. The van der Waals surface area contributed by atoms with E-state index in [1.807, 2.05) is 38.2 Å². The van der Waals surface area contributed by atoms with Crippen LogP contribution in [0.25, 0.3) is 6.08 Å². The van der Waals surface area contributed by atoms with Gasteiger partial charge in [0.25, 0.3) is 17.7 Å². The number of ether oxygens (including phenoxy) is 1. The van der Waals surface area contributed by atoms with E-state index in [1.165, 1.54) is 23.2 Å². The zero-order valence-electron chi connectivity index (χ0n) is 23.1. The molecule has 4 rings (SSSR count). The molecule has 2 aliphatic rings. The van der Waals surface area contributed by atoms with Crippen molar-refractivity contribution in [3.8, 4) is 0 Å². The molecule has 3 amide bonds. The molecule has 0 radical (unpaired) electrons. The summed E-state index contributed by atoms with van der Waals surface area (Å²) in [4.78, 5) is 59.6. The van der Waals surface area contributed by atoms with E-state index in [9.17, 15) is 19.2 Å². The number of carbonyl (C=O) groups excluding carboxylic acids is 4. The molecule has 0 bridgehead atoms. The van der Waals surface area contributed by atoms with Gasteiger partial charge >= 0.3 is 5.97 Å². The average Bonchev–Trinajstić information content (AvgIpc) is 3.21. The smallest absolute Gasteiger partial charge is 0.303 e. The van der Waals surface area contributed by atoms with E-state index in [0.29, 0.717) is 18.0 Å². The Hall–Kier alpha value is -3.77. The van der Waals surface area contributed by atoms with Crippen molar-refractivity contribution < 1.29 is 23.9 Å². The van der Waals surface area contributed by atoms with E-state index in [1.54, 1.807) is 6.08 Å². The molecule has 40 heavy (non-hydrogen) atoms. The number of likely N-dealkylation sites (tertiary alicyclic amines) is 1. The van der Waals surface area contributed by atoms with Crippen LogP contribution >= 0.6 is 11.3 Å². The predicted molar refractivity (Wildman–Crippen MR) is 151 cm³/mol. The third-order valence-corrected chi connectivity index (χ3v) is 8.04. The molecule has 214 valence electrons. The third kappa shape index (κ3) is 7.66. The molecule has 2 aromatic rings. The molecule has 12 heteroatoms. The van der Waals surface area contributed by atoms with Crippen LogP contribution in [0, 0.1) is 6.92 Å². The standard InChI is InChI=1S/C28H36N6O5S/c1-17-6-4-7-19(12-17)13-20(29)26(37)30-21-9-11-34(25(36)16-39-18(2)35)14-23(21)31-27(38)28-32-22-8-5-10-33(3)15-24(22)40-28/h4,6-7,12-13,21,23H,5,8-11,14-16,29H2,1-3H3,(H,30,37)(H,31,38)/b20-13-/t21?,23-/m1/s1. The second kappa shape index (κ2) is 13.1. The number of fused-ring (bicyclic) bond motifs is 1. The number of amides is 3. The van der Waals surface area contributed by atoms with E-state index in [4.69, 9.17) is 10.5 Å². The predicted octanol–water partition coefficient (Wildman–Crippen LogP) is 1.21. The quantitative estimate of drug-likeness (QED) is 0.334. The molecule has 1 aromatic carbocycles. The molecule has 1 unspecified atom stereocenters. The van der Waals surface area contributed by atoms with Crippen LogP contribution in [-0.2, 0) is 32.1 Å². The van der Waals surface area contributed by atoms with Crippen molar-refractivity contribution in [2.75, 3.05) is 33.3 Å². The Balaban J connectivity index is 1.49. The van der Waals surface area contributed by atoms with Gasteiger partial charge in [0.15, 0.2) is 11.6 Å². The van der Waals surface area contributed by atoms with Crippen molar-refractivity contribution in [2.24, 2.45) is 5.73 Å². The number of hydrogen-bond donors (Lipinski definition) is 3. The number of rotatable bonds is 7. The minimum Gasteiger partial charge on any atom is -0.456 e. The van der Waals surface area contributed by atoms with Crippen LogP contribution in [0.4, 0.5) is 0 Å². The van der Waals surface area contributed by atoms with E-state index < -0.39 is 24.0 Å². The zero-order chi connectivity index (χ0) is 28.8. The fraction of sp³-hybridized carbons (Fsp3) is 0.464. The van der Waals surface area contributed by atoms with E-state index >= 15 is 0 Å². The van der Waals surface area contributed by atoms with Gasteiger partial charge in [0.05, 0.1) is 23.5 Å². The number of aromatic nitrogens is 1. The molecular formula is C28H36N6O5S. The Bertz CT molecular complexity index is 1310. The first-order valence-corrected chi connectivity index (χ1v) is 14.1. The first-order valence-electron chi connectivity index (χ1n) is 13.3. The van der Waals surface area contributed by atoms with Crippen molar-refractivity contribution in [2.45, 2.75) is 51.7 Å². The second-order valence-corrected chi connectivity index (χ2v) is 11.4. The minimum absolute atomic E-state index is 0.0387. The fourth-order valence-corrected chi connectivity index (χ4v) is 5.97. The van der Waals surface area contributed by atoms with Gasteiger partial charge < -0.3 is 30.9 Å². The fourth-order valence-electron chi connectivity index (χ4n) is 4.88. The van der Waals surface area contributed by atoms with Gasteiger partial charge in [-0.25, -0.2) is 4.98 Å². The number of nitrogens with one attached hydrogen (secondary N) is 2. The Labute approximate surface area is 237 Å². The molecule has 0 spiro atoms. The lowest BCUT2D eigenvalue weighted by Gasteiger charge is -2.39. The largest absolute Gasteiger partial charge is 0.456 e. The average molecular weight is 569 g/mol. The van der Waals surface area contributed by atoms with Crippen LogP contribution in [0.5, 0.6) is 0 Å². The first kappa shape index (κ1) is 29.2. The van der Waals surface area contributed by atoms with Gasteiger partial charge in [0.1, 0.15) is 0 Å². The molecule has 2 atom stereocenters. The topological polar surface area (TPSA) is 147 Å². The maximum Gasteiger partial charge on any atom is 0.303 e. The normalized spacial score (nSPS) is 19.8. The highest BCUT2D eigenvalue weighted by atomic mass is 32.1. The van der Waals surface area contributed by atoms with Gasteiger partial charge in [0, 0.05) is 31.4 Å². The summed E-state index contributed by atoms with van der Waals surface area (Å²) < 4.78 is 4.87. The number of thiazole rings is 1. The highest BCUT2D eigenvalue weighted by molar-refractivity contribution is 7.13. The van der Waals surface area contributed by atoms with E-state index in [0.717, 1.165) is 47.6 Å². The minimum atomic E-state index is -0.607. The number of piperidine rings is 1. The highest BCUT2D eigenvalue weighted by Gasteiger charge is 2.35. The number of carbonyl (C=O) groups is 4. The van der Waals surface area contributed by atoms with Crippen molar-refractivity contribution >= 4 is 41.1 Å². The van der Waals surface area contributed by atoms with Crippen LogP contribution in [0.15, 0.2) is 30.0 Å². The second-order valence-electron chi connectivity index (χ2n) is 10.3. The molecule has 0 aliphatic carbocycles. The lowest BCUT2D eigenvalue weighted by Crippen LogP contribution is -2.62. The summed E-state index contributed by atoms with van der Waals surface area (Å²) in [5.41, 5.74) is 8.94. The lowest BCUT2D eigenvalue weighted by atomic mass is 9.98. The van der Waals surface area contributed by atoms with E-state index in [2.05, 4.69) is 20.5 Å². The van der Waals surface area contributed by atoms with E-state index in [-0.39, 0.29) is 30.7 Å². The number of benzene rings is 1. The molecule has 3 heterocycles. The van der Waals surface area contributed by atoms with Crippen molar-refractivity contribution in [3.63, 3.8) is 0 Å². The maximum absolute atomic E-state index is 13.3. The van der Waals surface area contributed by atoms with Gasteiger partial charge in [0.2, 0.25) is 0 Å². The Kier molecular flexibility index (Phi) is 9.54. The molecule has 1 fully saturated rings. The summed E-state index contributed by atoms with van der Waals surface area (Å²) >= 11 is 1.37. The monoisotopic (exact) mass is 568 g/mol. The van der Waals surface area contributed by atoms with Crippen LogP contribution in [0.3, 0.4) is 0 Å². The lowest BCUT2D eigenvalue weighted by molar-refractivity contribution is -0.151.